The van der Waals surface area contributed by atoms with Crippen LogP contribution >= 0.6 is 31.9 Å². The zero-order valence-corrected chi connectivity index (χ0v) is 11.9. The average Bonchev–Trinajstić information content (AvgIpc) is 2.11. The number of halogens is 2. The van der Waals surface area contributed by atoms with Crippen LogP contribution in [0, 0.1) is 5.92 Å². The van der Waals surface area contributed by atoms with Gasteiger partial charge >= 0.3 is 0 Å². The maximum atomic E-state index is 3.80. The molecule has 0 aromatic heterocycles. The van der Waals surface area contributed by atoms with E-state index in [1.165, 1.54) is 35.7 Å². The third-order valence-corrected chi connectivity index (χ3v) is 4.35. The molecule has 0 radical (unpaired) electrons. The Morgan fingerprint density at radius 3 is 2.73 bits per heavy atom. The van der Waals surface area contributed by atoms with Crippen molar-refractivity contribution in [3.63, 3.8) is 0 Å². The molecule has 0 spiro atoms. The van der Waals surface area contributed by atoms with Gasteiger partial charge in [-0.05, 0) is 36.5 Å². The summed E-state index contributed by atoms with van der Waals surface area (Å²) in [5.74, 6) is 0.988. The van der Waals surface area contributed by atoms with E-state index in [2.05, 4.69) is 56.1 Å². The quantitative estimate of drug-likeness (QED) is 0.685. The highest BCUT2D eigenvalue weighted by molar-refractivity contribution is 9.10. The van der Waals surface area contributed by atoms with E-state index in [4.69, 9.17) is 0 Å². The van der Waals surface area contributed by atoms with Gasteiger partial charge in [0.25, 0.3) is 0 Å². The molecule has 0 amide bonds. The summed E-state index contributed by atoms with van der Waals surface area (Å²) < 4.78 is 1.18. The molecule has 0 saturated heterocycles. The average molecular weight is 332 g/mol. The molecule has 2 rings (SSSR count). The standard InChI is InChI=1S/C13H16Br2/c14-12-6-2-5-11(8-12)9-13(15)7-10-3-1-4-10/h2,5-6,8,10,13H,1,3-4,7,9H2. The highest BCUT2D eigenvalue weighted by atomic mass is 79.9. The molecule has 82 valence electrons. The van der Waals surface area contributed by atoms with E-state index in [-0.39, 0.29) is 0 Å². The van der Waals surface area contributed by atoms with Crippen LogP contribution in [0.2, 0.25) is 0 Å². The fraction of sp³-hybridized carbons (Fsp3) is 0.538. The first kappa shape index (κ1) is 11.7. The zero-order valence-electron chi connectivity index (χ0n) is 8.76. The van der Waals surface area contributed by atoms with Gasteiger partial charge in [0.15, 0.2) is 0 Å². The molecular weight excluding hydrogens is 316 g/mol. The second kappa shape index (κ2) is 5.49. The lowest BCUT2D eigenvalue weighted by Crippen LogP contribution is -2.17. The summed E-state index contributed by atoms with van der Waals surface area (Å²) in [5.41, 5.74) is 1.42. The minimum Gasteiger partial charge on any atom is -0.0887 e. The van der Waals surface area contributed by atoms with Gasteiger partial charge in [-0.25, -0.2) is 0 Å². The second-order valence-electron chi connectivity index (χ2n) is 4.46. The van der Waals surface area contributed by atoms with Crippen molar-refractivity contribution in [1.29, 1.82) is 0 Å². The minimum absolute atomic E-state index is 0.650. The van der Waals surface area contributed by atoms with Gasteiger partial charge in [0.1, 0.15) is 0 Å². The van der Waals surface area contributed by atoms with Gasteiger partial charge in [-0.15, -0.1) is 0 Å². The first-order chi connectivity index (χ1) is 7.24. The predicted octanol–water partition coefficient (Wildman–Crippen LogP) is 4.95. The summed E-state index contributed by atoms with van der Waals surface area (Å²) >= 11 is 7.31. The maximum Gasteiger partial charge on any atom is 0.0188 e. The van der Waals surface area contributed by atoms with Crippen LogP contribution in [0.3, 0.4) is 0 Å². The molecule has 0 bridgehead atoms. The first-order valence-corrected chi connectivity index (χ1v) is 7.33. The lowest BCUT2D eigenvalue weighted by Gasteiger charge is -2.27. The Hall–Kier alpha value is 0.180. The molecule has 1 aromatic rings. The van der Waals surface area contributed by atoms with Crippen LogP contribution in [0.5, 0.6) is 0 Å². The fourth-order valence-corrected chi connectivity index (χ4v) is 3.44. The number of benzene rings is 1. The molecule has 1 atom stereocenters. The van der Waals surface area contributed by atoms with Gasteiger partial charge in [-0.2, -0.15) is 0 Å². The van der Waals surface area contributed by atoms with E-state index >= 15 is 0 Å². The van der Waals surface area contributed by atoms with E-state index < -0.39 is 0 Å². The Labute approximate surface area is 109 Å². The van der Waals surface area contributed by atoms with Gasteiger partial charge < -0.3 is 0 Å². The SMILES string of the molecule is Brc1cccc(CC(Br)CC2CCC2)c1. The molecule has 1 aliphatic carbocycles. The van der Waals surface area contributed by atoms with Gasteiger partial charge in [-0.3, -0.25) is 0 Å². The van der Waals surface area contributed by atoms with Gasteiger partial charge in [-0.1, -0.05) is 63.3 Å². The smallest absolute Gasteiger partial charge is 0.0188 e. The van der Waals surface area contributed by atoms with E-state index in [1.807, 2.05) is 0 Å². The van der Waals surface area contributed by atoms with Gasteiger partial charge in [0.05, 0.1) is 0 Å². The Morgan fingerprint density at radius 1 is 1.33 bits per heavy atom. The molecule has 1 fully saturated rings. The predicted molar refractivity (Wildman–Crippen MR) is 72.5 cm³/mol. The molecular formula is C13H16Br2. The molecule has 1 aromatic carbocycles. The highest BCUT2D eigenvalue weighted by Crippen LogP contribution is 2.33. The molecule has 1 saturated carbocycles. The van der Waals surface area contributed by atoms with Gasteiger partial charge in [0, 0.05) is 9.30 Å². The number of hydrogen-bond donors (Lipinski definition) is 0. The molecule has 0 N–H and O–H groups in total. The molecule has 2 heteroatoms. The normalized spacial score (nSPS) is 18.5. The number of rotatable bonds is 4. The van der Waals surface area contributed by atoms with E-state index in [0.29, 0.717) is 4.83 Å². The molecule has 0 nitrogen and oxygen atoms in total. The largest absolute Gasteiger partial charge is 0.0887 e. The van der Waals surface area contributed by atoms with Crippen molar-refractivity contribution >= 4 is 31.9 Å². The van der Waals surface area contributed by atoms with Crippen LogP contribution in [0.4, 0.5) is 0 Å². The van der Waals surface area contributed by atoms with E-state index in [0.717, 1.165) is 12.3 Å². The van der Waals surface area contributed by atoms with Crippen LogP contribution in [-0.4, -0.2) is 4.83 Å². The summed E-state index contributed by atoms with van der Waals surface area (Å²) in [6, 6.07) is 8.62. The third-order valence-electron chi connectivity index (χ3n) is 3.16. The van der Waals surface area contributed by atoms with Crippen molar-refractivity contribution in [2.75, 3.05) is 0 Å². The van der Waals surface area contributed by atoms with Crippen molar-refractivity contribution < 1.29 is 0 Å². The molecule has 1 aliphatic rings. The lowest BCUT2D eigenvalue weighted by molar-refractivity contribution is 0.294. The number of hydrogen-bond acceptors (Lipinski definition) is 0. The fourth-order valence-electron chi connectivity index (χ4n) is 2.09. The highest BCUT2D eigenvalue weighted by Gasteiger charge is 2.20. The Morgan fingerprint density at radius 2 is 2.13 bits per heavy atom. The molecule has 0 aliphatic heterocycles. The van der Waals surface area contributed by atoms with Gasteiger partial charge in [0.2, 0.25) is 0 Å². The maximum absolute atomic E-state index is 3.80. The monoisotopic (exact) mass is 330 g/mol. The van der Waals surface area contributed by atoms with Crippen molar-refractivity contribution in [1.82, 2.24) is 0 Å². The number of alkyl halides is 1. The summed E-state index contributed by atoms with van der Waals surface area (Å²) in [7, 11) is 0. The van der Waals surface area contributed by atoms with E-state index in [1.54, 1.807) is 0 Å². The summed E-state index contributed by atoms with van der Waals surface area (Å²) in [6.07, 6.45) is 6.82. The van der Waals surface area contributed by atoms with Crippen LogP contribution in [0.15, 0.2) is 28.7 Å². The lowest BCUT2D eigenvalue weighted by atomic mass is 9.81. The molecule has 1 unspecified atom stereocenters. The van der Waals surface area contributed by atoms with Crippen molar-refractivity contribution in [3.05, 3.63) is 34.3 Å². The second-order valence-corrected chi connectivity index (χ2v) is 6.67. The first-order valence-electron chi connectivity index (χ1n) is 5.62. The van der Waals surface area contributed by atoms with Crippen LogP contribution in [-0.2, 0) is 6.42 Å². The Balaban J connectivity index is 1.84. The summed E-state index contributed by atoms with van der Waals surface area (Å²) in [4.78, 5) is 0.650. The van der Waals surface area contributed by atoms with Crippen molar-refractivity contribution in [2.45, 2.75) is 36.9 Å². The Kier molecular flexibility index (Phi) is 4.27. The van der Waals surface area contributed by atoms with Crippen LogP contribution in [0.25, 0.3) is 0 Å². The molecule has 0 heterocycles. The van der Waals surface area contributed by atoms with Crippen LogP contribution in [0.1, 0.15) is 31.2 Å². The minimum atomic E-state index is 0.650. The van der Waals surface area contributed by atoms with Crippen molar-refractivity contribution in [2.24, 2.45) is 5.92 Å². The van der Waals surface area contributed by atoms with Crippen LogP contribution < -0.4 is 0 Å². The third kappa shape index (κ3) is 3.60. The zero-order chi connectivity index (χ0) is 10.7. The summed E-state index contributed by atoms with van der Waals surface area (Å²) in [5, 5.41) is 0. The van der Waals surface area contributed by atoms with Crippen molar-refractivity contribution in [3.8, 4) is 0 Å². The van der Waals surface area contributed by atoms with E-state index in [9.17, 15) is 0 Å². The summed E-state index contributed by atoms with van der Waals surface area (Å²) in [6.45, 7) is 0. The topological polar surface area (TPSA) is 0 Å². The molecule has 15 heavy (non-hydrogen) atoms. The Bertz CT molecular complexity index is 318.